The molecule has 1 heterocycles. The van der Waals surface area contributed by atoms with E-state index in [1.165, 1.54) is 11.9 Å². The fourth-order valence-corrected chi connectivity index (χ4v) is 3.31. The van der Waals surface area contributed by atoms with Crippen molar-refractivity contribution in [1.82, 2.24) is 15.8 Å². The summed E-state index contributed by atoms with van der Waals surface area (Å²) in [6, 6.07) is -1.74. The highest BCUT2D eigenvalue weighted by atomic mass is 16.5. The summed E-state index contributed by atoms with van der Waals surface area (Å²) in [6.07, 6.45) is 3.51. The van der Waals surface area contributed by atoms with Gasteiger partial charge in [-0.1, -0.05) is 33.3 Å². The molecule has 0 saturated carbocycles. The van der Waals surface area contributed by atoms with Gasteiger partial charge in [0, 0.05) is 6.54 Å². The maximum absolute atomic E-state index is 12.7. The lowest BCUT2D eigenvalue weighted by molar-refractivity contribution is -0.163. The van der Waals surface area contributed by atoms with Crippen LogP contribution in [0.25, 0.3) is 0 Å². The zero-order valence-corrected chi connectivity index (χ0v) is 18.3. The summed E-state index contributed by atoms with van der Waals surface area (Å²) >= 11 is 0. The average Bonchev–Trinajstić information content (AvgIpc) is 2.70. The molecule has 0 aromatic carbocycles. The van der Waals surface area contributed by atoms with Gasteiger partial charge in [0.15, 0.2) is 6.10 Å². The quantitative estimate of drug-likeness (QED) is 0.339. The molecule has 170 valence electrons. The molecule has 0 radical (unpaired) electrons. The van der Waals surface area contributed by atoms with E-state index in [9.17, 15) is 19.2 Å². The molecule has 0 bridgehead atoms. The number of rotatable bonds is 11. The molecule has 1 aliphatic rings. The number of carboxylic acids is 1. The zero-order chi connectivity index (χ0) is 22.8. The van der Waals surface area contributed by atoms with Crippen LogP contribution in [0.2, 0.25) is 0 Å². The molecule has 9 heteroatoms. The van der Waals surface area contributed by atoms with Gasteiger partial charge in [-0.15, -0.1) is 6.58 Å². The monoisotopic (exact) mass is 425 g/mol. The number of nitrogens with one attached hydrogen (secondary N) is 2. The topological polar surface area (TPSA) is 125 Å². The Kier molecular flexibility index (Phi) is 10.5. The van der Waals surface area contributed by atoms with Gasteiger partial charge >= 0.3 is 11.9 Å². The Morgan fingerprint density at radius 2 is 1.97 bits per heavy atom. The molecule has 1 fully saturated rings. The number of esters is 1. The number of nitrogens with zero attached hydrogens (tertiary/aromatic N) is 1. The van der Waals surface area contributed by atoms with Crippen LogP contribution in [-0.4, -0.2) is 58.6 Å². The van der Waals surface area contributed by atoms with Gasteiger partial charge in [-0.25, -0.2) is 5.43 Å². The molecule has 0 aromatic rings. The summed E-state index contributed by atoms with van der Waals surface area (Å²) in [6.45, 7) is 11.0. The van der Waals surface area contributed by atoms with Crippen molar-refractivity contribution in [2.45, 2.75) is 78.0 Å². The Labute approximate surface area is 178 Å². The van der Waals surface area contributed by atoms with Gasteiger partial charge < -0.3 is 15.2 Å². The van der Waals surface area contributed by atoms with Crippen LogP contribution in [0, 0.1) is 11.8 Å². The molecular formula is C21H35N3O6. The van der Waals surface area contributed by atoms with Crippen LogP contribution in [-0.2, 0) is 23.9 Å². The number of ether oxygens (including phenoxy) is 1. The second kappa shape index (κ2) is 12.3. The number of hydrogen-bond acceptors (Lipinski definition) is 6. The lowest BCUT2D eigenvalue weighted by Gasteiger charge is -2.34. The van der Waals surface area contributed by atoms with Crippen molar-refractivity contribution >= 4 is 23.8 Å². The van der Waals surface area contributed by atoms with Gasteiger partial charge in [-0.2, -0.15) is 0 Å². The summed E-state index contributed by atoms with van der Waals surface area (Å²) < 4.78 is 5.50. The molecule has 4 unspecified atom stereocenters. The van der Waals surface area contributed by atoms with Crippen LogP contribution in [0.1, 0.15) is 59.8 Å². The van der Waals surface area contributed by atoms with E-state index in [2.05, 4.69) is 17.3 Å². The minimum Gasteiger partial charge on any atom is -0.480 e. The smallest absolute Gasteiger partial charge is 0.322 e. The predicted octanol–water partition coefficient (Wildman–Crippen LogP) is 1.63. The van der Waals surface area contributed by atoms with Gasteiger partial charge in [0.2, 0.25) is 0 Å². The molecule has 1 saturated heterocycles. The molecule has 9 nitrogen and oxygen atoms in total. The molecule has 0 aliphatic carbocycles. The van der Waals surface area contributed by atoms with Crippen molar-refractivity contribution in [3.05, 3.63) is 12.7 Å². The van der Waals surface area contributed by atoms with Crippen LogP contribution >= 0.6 is 0 Å². The third-order valence-electron chi connectivity index (χ3n) is 5.01. The van der Waals surface area contributed by atoms with Crippen molar-refractivity contribution < 1.29 is 29.0 Å². The first-order valence-corrected chi connectivity index (χ1v) is 10.5. The molecule has 2 amide bonds. The van der Waals surface area contributed by atoms with E-state index in [1.54, 1.807) is 19.9 Å². The van der Waals surface area contributed by atoms with E-state index in [0.717, 1.165) is 6.42 Å². The minimum atomic E-state index is -1.03. The molecule has 1 aliphatic heterocycles. The number of carbonyl (C=O) groups excluding carboxylic acids is 3. The molecular weight excluding hydrogens is 390 g/mol. The van der Waals surface area contributed by atoms with Gasteiger partial charge in [0.1, 0.15) is 12.1 Å². The predicted molar refractivity (Wildman–Crippen MR) is 111 cm³/mol. The molecule has 0 aromatic heterocycles. The number of allylic oxidation sites excluding steroid dienone is 1. The fraction of sp³-hybridized carbons (Fsp3) is 0.714. The third-order valence-corrected chi connectivity index (χ3v) is 5.01. The van der Waals surface area contributed by atoms with Crippen LogP contribution in [0.3, 0.4) is 0 Å². The second-order valence-electron chi connectivity index (χ2n) is 7.99. The average molecular weight is 426 g/mol. The summed E-state index contributed by atoms with van der Waals surface area (Å²) in [7, 11) is 0. The Morgan fingerprint density at radius 1 is 1.30 bits per heavy atom. The molecule has 4 atom stereocenters. The van der Waals surface area contributed by atoms with Crippen LogP contribution in [0.5, 0.6) is 0 Å². The van der Waals surface area contributed by atoms with E-state index in [1.807, 2.05) is 6.92 Å². The van der Waals surface area contributed by atoms with Gasteiger partial charge in [-0.3, -0.25) is 24.2 Å². The van der Waals surface area contributed by atoms with Gasteiger partial charge in [0.05, 0.1) is 5.92 Å². The number of carbonyl (C=O) groups is 4. The number of hydrazine groups is 1. The summed E-state index contributed by atoms with van der Waals surface area (Å²) in [5.74, 6) is -3.12. The lowest BCUT2D eigenvalue weighted by Crippen LogP contribution is -2.60. The Balaban J connectivity index is 2.75. The maximum Gasteiger partial charge on any atom is 0.322 e. The van der Waals surface area contributed by atoms with Crippen molar-refractivity contribution in [2.75, 3.05) is 6.54 Å². The highest BCUT2D eigenvalue weighted by Crippen LogP contribution is 2.18. The first kappa shape index (κ1) is 25.6. The minimum absolute atomic E-state index is 0.285. The van der Waals surface area contributed by atoms with E-state index in [-0.39, 0.29) is 11.8 Å². The number of amides is 2. The largest absolute Gasteiger partial charge is 0.480 e. The fourth-order valence-electron chi connectivity index (χ4n) is 3.31. The van der Waals surface area contributed by atoms with Crippen molar-refractivity contribution in [3.8, 4) is 0 Å². The molecule has 0 spiro atoms. The first-order valence-electron chi connectivity index (χ1n) is 10.5. The van der Waals surface area contributed by atoms with Crippen molar-refractivity contribution in [1.29, 1.82) is 0 Å². The maximum atomic E-state index is 12.7. The van der Waals surface area contributed by atoms with Crippen molar-refractivity contribution in [2.24, 2.45) is 11.8 Å². The third kappa shape index (κ3) is 7.44. The summed E-state index contributed by atoms with van der Waals surface area (Å²) in [5, 5.41) is 13.0. The van der Waals surface area contributed by atoms with Crippen LogP contribution in [0.15, 0.2) is 12.7 Å². The molecule has 3 N–H and O–H groups in total. The number of carboxylic acid groups (broad SMARTS) is 1. The summed E-state index contributed by atoms with van der Waals surface area (Å²) in [4.78, 5) is 49.0. The number of hydrogen-bond donors (Lipinski definition) is 3. The van der Waals surface area contributed by atoms with Gasteiger partial charge in [0.25, 0.3) is 11.8 Å². The number of aliphatic carboxylic acids is 1. The second-order valence-corrected chi connectivity index (χ2v) is 7.99. The Hall–Kier alpha value is -2.42. The summed E-state index contributed by atoms with van der Waals surface area (Å²) in [5.41, 5.74) is 2.67. The highest BCUT2D eigenvalue weighted by molar-refractivity contribution is 5.90. The van der Waals surface area contributed by atoms with E-state index < -0.39 is 41.9 Å². The highest BCUT2D eigenvalue weighted by Gasteiger charge is 2.34. The van der Waals surface area contributed by atoms with Crippen LogP contribution in [0.4, 0.5) is 0 Å². The molecule has 1 rings (SSSR count). The lowest BCUT2D eigenvalue weighted by atomic mass is 9.99. The zero-order valence-electron chi connectivity index (χ0n) is 18.3. The normalized spacial score (nSPS) is 19.5. The van der Waals surface area contributed by atoms with Crippen molar-refractivity contribution in [3.63, 3.8) is 0 Å². The SMILES string of the molecule is C=CCC(CCC)C(=O)OC(C(=O)NC(C)C(=O)N1CCCC(C(=O)O)N1)C(C)C. The van der Waals surface area contributed by atoms with Gasteiger partial charge in [-0.05, 0) is 38.5 Å². The van der Waals surface area contributed by atoms with E-state index >= 15 is 0 Å². The molecule has 30 heavy (non-hydrogen) atoms. The van der Waals surface area contributed by atoms with E-state index in [0.29, 0.717) is 32.2 Å². The first-order chi connectivity index (χ1) is 14.1. The van der Waals surface area contributed by atoms with E-state index in [4.69, 9.17) is 9.84 Å². The standard InChI is InChI=1S/C21H35N3O6/c1-6-9-15(10-7-2)21(29)30-17(13(3)4)18(25)22-14(5)19(26)24-12-8-11-16(23-24)20(27)28/h6,13-17,23H,1,7-12H2,2-5H3,(H,22,25)(H,27,28). The Morgan fingerprint density at radius 3 is 2.50 bits per heavy atom. The Bertz CT molecular complexity index is 636. The van der Waals surface area contributed by atoms with Crippen LogP contribution < -0.4 is 10.7 Å².